The first-order valence-corrected chi connectivity index (χ1v) is 8.16. The molecule has 0 fully saturated rings. The van der Waals surface area contributed by atoms with E-state index in [2.05, 4.69) is 10.3 Å². The van der Waals surface area contributed by atoms with Crippen molar-refractivity contribution in [3.8, 4) is 12.1 Å². The topological polar surface area (TPSA) is 92.5 Å². The highest BCUT2D eigenvalue weighted by molar-refractivity contribution is 6.01. The Morgan fingerprint density at radius 1 is 1.12 bits per heavy atom. The van der Waals surface area contributed by atoms with E-state index in [4.69, 9.17) is 5.26 Å². The molecule has 0 unspecified atom stereocenters. The van der Waals surface area contributed by atoms with Crippen LogP contribution < -0.4 is 5.32 Å². The van der Waals surface area contributed by atoms with Gasteiger partial charge in [0.15, 0.2) is 0 Å². The number of fused-ring (bicyclic) bond motifs is 1. The molecule has 1 aromatic heterocycles. The number of nitrogens with one attached hydrogen (secondary N) is 2. The summed E-state index contributed by atoms with van der Waals surface area (Å²) in [6.45, 7) is 0.438. The maximum absolute atomic E-state index is 12.2. The van der Waals surface area contributed by atoms with Gasteiger partial charge in [0.1, 0.15) is 11.6 Å². The van der Waals surface area contributed by atoms with Crippen molar-refractivity contribution in [1.82, 2.24) is 10.3 Å². The van der Waals surface area contributed by atoms with E-state index in [1.807, 2.05) is 42.6 Å². The quantitative estimate of drug-likeness (QED) is 0.551. The molecular formula is C21H16N4O. The number of hydrogen-bond donors (Lipinski definition) is 2. The third-order valence-corrected chi connectivity index (χ3v) is 4.07. The lowest BCUT2D eigenvalue weighted by Crippen LogP contribution is -2.26. The number of amides is 1. The SMILES string of the molecule is N#C/C(=C/c1ccc(C#N)cc1)C(=O)NCCc1c[nH]c2ccccc12. The van der Waals surface area contributed by atoms with Gasteiger partial charge >= 0.3 is 0 Å². The number of H-pyrrole nitrogens is 1. The lowest BCUT2D eigenvalue weighted by Gasteiger charge is -2.04. The van der Waals surface area contributed by atoms with Gasteiger partial charge in [-0.3, -0.25) is 4.79 Å². The van der Waals surface area contributed by atoms with Crippen LogP contribution >= 0.6 is 0 Å². The summed E-state index contributed by atoms with van der Waals surface area (Å²) in [7, 11) is 0. The third kappa shape index (κ3) is 3.80. The van der Waals surface area contributed by atoms with Gasteiger partial charge in [-0.1, -0.05) is 30.3 Å². The summed E-state index contributed by atoms with van der Waals surface area (Å²) in [6, 6.07) is 18.7. The van der Waals surface area contributed by atoms with E-state index >= 15 is 0 Å². The Hall–Kier alpha value is -3.83. The summed E-state index contributed by atoms with van der Waals surface area (Å²) in [5.41, 5.74) is 3.45. The highest BCUT2D eigenvalue weighted by Crippen LogP contribution is 2.17. The summed E-state index contributed by atoms with van der Waals surface area (Å²) < 4.78 is 0. The van der Waals surface area contributed by atoms with Crippen LogP contribution in [0, 0.1) is 22.7 Å². The Morgan fingerprint density at radius 3 is 2.62 bits per heavy atom. The normalized spacial score (nSPS) is 10.9. The average Bonchev–Trinajstić information content (AvgIpc) is 3.09. The first kappa shape index (κ1) is 17.0. The van der Waals surface area contributed by atoms with Crippen LogP contribution in [0.15, 0.2) is 60.3 Å². The van der Waals surface area contributed by atoms with Crippen molar-refractivity contribution in [2.75, 3.05) is 6.54 Å². The maximum atomic E-state index is 12.2. The fraction of sp³-hybridized carbons (Fsp3) is 0.0952. The average molecular weight is 340 g/mol. The van der Waals surface area contributed by atoms with E-state index < -0.39 is 5.91 Å². The van der Waals surface area contributed by atoms with E-state index in [0.717, 1.165) is 16.5 Å². The molecule has 0 spiro atoms. The molecule has 126 valence electrons. The Balaban J connectivity index is 1.63. The third-order valence-electron chi connectivity index (χ3n) is 4.07. The summed E-state index contributed by atoms with van der Waals surface area (Å²) in [5.74, 6) is -0.406. The van der Waals surface area contributed by atoms with Gasteiger partial charge in [-0.25, -0.2) is 0 Å². The fourth-order valence-corrected chi connectivity index (χ4v) is 2.71. The molecule has 5 nitrogen and oxygen atoms in total. The van der Waals surface area contributed by atoms with Gasteiger partial charge in [0.2, 0.25) is 0 Å². The highest BCUT2D eigenvalue weighted by atomic mass is 16.1. The predicted octanol–water partition coefficient (Wildman–Crippen LogP) is 3.31. The molecule has 0 aliphatic heterocycles. The van der Waals surface area contributed by atoms with Gasteiger partial charge in [-0.05, 0) is 41.8 Å². The Kier molecular flexibility index (Phi) is 5.12. The highest BCUT2D eigenvalue weighted by Gasteiger charge is 2.09. The zero-order chi connectivity index (χ0) is 18.4. The van der Waals surface area contributed by atoms with Crippen LogP contribution in [-0.4, -0.2) is 17.4 Å². The number of aromatic amines is 1. The molecule has 0 aliphatic rings. The number of hydrogen-bond acceptors (Lipinski definition) is 3. The van der Waals surface area contributed by atoms with Crippen molar-refractivity contribution in [1.29, 1.82) is 10.5 Å². The van der Waals surface area contributed by atoms with Crippen molar-refractivity contribution in [3.63, 3.8) is 0 Å². The molecular weight excluding hydrogens is 324 g/mol. The van der Waals surface area contributed by atoms with Gasteiger partial charge in [0.25, 0.3) is 5.91 Å². The summed E-state index contributed by atoms with van der Waals surface area (Å²) >= 11 is 0. The van der Waals surface area contributed by atoms with Gasteiger partial charge < -0.3 is 10.3 Å². The van der Waals surface area contributed by atoms with Crippen molar-refractivity contribution >= 4 is 22.9 Å². The van der Waals surface area contributed by atoms with Crippen LogP contribution in [-0.2, 0) is 11.2 Å². The summed E-state index contributed by atoms with van der Waals surface area (Å²) in [4.78, 5) is 15.4. The van der Waals surface area contributed by atoms with E-state index in [1.165, 1.54) is 6.08 Å². The van der Waals surface area contributed by atoms with E-state index in [1.54, 1.807) is 24.3 Å². The molecule has 0 atom stereocenters. The van der Waals surface area contributed by atoms with E-state index in [9.17, 15) is 10.1 Å². The minimum absolute atomic E-state index is 0.0358. The second-order valence-electron chi connectivity index (χ2n) is 5.77. The zero-order valence-electron chi connectivity index (χ0n) is 14.0. The van der Waals surface area contributed by atoms with E-state index in [-0.39, 0.29) is 5.57 Å². The van der Waals surface area contributed by atoms with Crippen LogP contribution in [0.25, 0.3) is 17.0 Å². The standard InChI is InChI=1S/C21H16N4O/c22-12-16-7-5-15(6-8-16)11-18(13-23)21(26)24-10-9-17-14-25-20-4-2-1-3-19(17)20/h1-8,11,14,25H,9-10H2,(H,24,26)/b18-11-. The summed E-state index contributed by atoms with van der Waals surface area (Å²) in [5, 5.41) is 22.0. The van der Waals surface area contributed by atoms with Crippen LogP contribution in [0.3, 0.4) is 0 Å². The van der Waals surface area contributed by atoms with Gasteiger partial charge in [-0.15, -0.1) is 0 Å². The first-order chi connectivity index (χ1) is 12.7. The molecule has 2 N–H and O–H groups in total. The molecule has 1 heterocycles. The first-order valence-electron chi connectivity index (χ1n) is 8.16. The molecule has 3 rings (SSSR count). The number of nitrogens with zero attached hydrogens (tertiary/aromatic N) is 2. The Bertz CT molecular complexity index is 1050. The fourth-order valence-electron chi connectivity index (χ4n) is 2.71. The number of aromatic nitrogens is 1. The van der Waals surface area contributed by atoms with Crippen molar-refractivity contribution < 1.29 is 4.79 Å². The van der Waals surface area contributed by atoms with Crippen LogP contribution in [0.1, 0.15) is 16.7 Å². The number of carbonyl (C=O) groups excluding carboxylic acids is 1. The van der Waals surface area contributed by atoms with Crippen LogP contribution in [0.5, 0.6) is 0 Å². The number of para-hydroxylation sites is 1. The largest absolute Gasteiger partial charge is 0.361 e. The molecule has 0 saturated carbocycles. The number of carbonyl (C=O) groups is 1. The second-order valence-corrected chi connectivity index (χ2v) is 5.77. The molecule has 0 bridgehead atoms. The van der Waals surface area contributed by atoms with Gasteiger partial charge in [-0.2, -0.15) is 10.5 Å². The monoisotopic (exact) mass is 340 g/mol. The van der Waals surface area contributed by atoms with Crippen molar-refractivity contribution in [3.05, 3.63) is 77.0 Å². The maximum Gasteiger partial charge on any atom is 0.261 e. The summed E-state index contributed by atoms with van der Waals surface area (Å²) in [6.07, 6.45) is 4.13. The predicted molar refractivity (Wildman–Crippen MR) is 99.8 cm³/mol. The molecule has 1 amide bonds. The molecule has 0 saturated heterocycles. The molecule has 0 radical (unpaired) electrons. The molecule has 3 aromatic rings. The lowest BCUT2D eigenvalue weighted by atomic mass is 10.1. The molecule has 2 aromatic carbocycles. The zero-order valence-corrected chi connectivity index (χ0v) is 14.0. The van der Waals surface area contributed by atoms with E-state index in [0.29, 0.717) is 24.1 Å². The van der Waals surface area contributed by atoms with Crippen molar-refractivity contribution in [2.45, 2.75) is 6.42 Å². The smallest absolute Gasteiger partial charge is 0.261 e. The number of nitriles is 2. The molecule has 5 heteroatoms. The van der Waals surface area contributed by atoms with Crippen LogP contribution in [0.2, 0.25) is 0 Å². The van der Waals surface area contributed by atoms with Crippen LogP contribution in [0.4, 0.5) is 0 Å². The minimum atomic E-state index is -0.406. The van der Waals surface area contributed by atoms with Gasteiger partial charge in [0.05, 0.1) is 11.6 Å². The minimum Gasteiger partial charge on any atom is -0.361 e. The Morgan fingerprint density at radius 2 is 1.88 bits per heavy atom. The second kappa shape index (κ2) is 7.83. The lowest BCUT2D eigenvalue weighted by molar-refractivity contribution is -0.117. The molecule has 0 aliphatic carbocycles. The number of benzene rings is 2. The molecule has 26 heavy (non-hydrogen) atoms. The van der Waals surface area contributed by atoms with Gasteiger partial charge in [0, 0.05) is 23.6 Å². The Labute approximate surface area is 151 Å². The number of rotatable bonds is 5. The van der Waals surface area contributed by atoms with Crippen molar-refractivity contribution in [2.24, 2.45) is 0 Å².